The number of aryl methyl sites for hydroxylation is 1. The van der Waals surface area contributed by atoms with Crippen molar-refractivity contribution in [3.8, 4) is 0 Å². The van der Waals surface area contributed by atoms with Gasteiger partial charge in [0.05, 0.1) is 11.4 Å². The molecule has 2 heterocycles. The van der Waals surface area contributed by atoms with Crippen LogP contribution in [0.3, 0.4) is 0 Å². The summed E-state index contributed by atoms with van der Waals surface area (Å²) in [4.78, 5) is 0. The molecule has 0 aliphatic carbocycles. The highest BCUT2D eigenvalue weighted by Crippen LogP contribution is 2.40. The number of sulfone groups is 1. The van der Waals surface area contributed by atoms with E-state index in [0.29, 0.717) is 24.4 Å². The van der Waals surface area contributed by atoms with E-state index in [2.05, 4.69) is 5.10 Å². The number of anilines is 1. The van der Waals surface area contributed by atoms with Gasteiger partial charge in [0.25, 0.3) is 0 Å². The molecule has 0 saturated carbocycles. The molecule has 1 fully saturated rings. The first-order valence-electron chi connectivity index (χ1n) is 4.89. The fraction of sp³-hybridized carbons (Fsp3) is 0.667. The van der Waals surface area contributed by atoms with Crippen LogP contribution in [-0.2, 0) is 21.6 Å². The largest absolute Gasteiger partial charge is 0.384 e. The Morgan fingerprint density at radius 1 is 1.60 bits per heavy atom. The summed E-state index contributed by atoms with van der Waals surface area (Å²) >= 11 is 0. The van der Waals surface area contributed by atoms with Gasteiger partial charge < -0.3 is 5.73 Å². The van der Waals surface area contributed by atoms with Crippen molar-refractivity contribution >= 4 is 15.7 Å². The number of hydrogen-bond acceptors (Lipinski definition) is 4. The minimum atomic E-state index is -3.07. The van der Waals surface area contributed by atoms with Gasteiger partial charge in [-0.1, -0.05) is 0 Å². The maximum absolute atomic E-state index is 11.9. The van der Waals surface area contributed by atoms with E-state index < -0.39 is 14.6 Å². The molecule has 1 unspecified atom stereocenters. The normalized spacial score (nSPS) is 29.5. The number of nitrogen functional groups attached to an aromatic ring is 1. The van der Waals surface area contributed by atoms with Gasteiger partial charge in [0.15, 0.2) is 9.84 Å². The van der Waals surface area contributed by atoms with Crippen molar-refractivity contribution in [2.45, 2.75) is 24.5 Å². The summed E-state index contributed by atoms with van der Waals surface area (Å²) in [6, 6.07) is 1.66. The molecule has 1 saturated heterocycles. The van der Waals surface area contributed by atoms with Crippen LogP contribution in [0.1, 0.15) is 25.5 Å². The molecule has 5 nitrogen and oxygen atoms in total. The second kappa shape index (κ2) is 2.98. The highest BCUT2D eigenvalue weighted by Gasteiger charge is 2.46. The smallest absolute Gasteiger partial charge is 0.161 e. The van der Waals surface area contributed by atoms with E-state index in [0.717, 1.165) is 0 Å². The summed E-state index contributed by atoms with van der Waals surface area (Å²) in [5.41, 5.74) is 6.23. The van der Waals surface area contributed by atoms with Crippen molar-refractivity contribution in [3.63, 3.8) is 0 Å². The lowest BCUT2D eigenvalue weighted by Crippen LogP contribution is -2.28. The summed E-state index contributed by atoms with van der Waals surface area (Å²) in [6.45, 7) is 1.73. The van der Waals surface area contributed by atoms with Gasteiger partial charge in [0.2, 0.25) is 0 Å². The zero-order valence-corrected chi connectivity index (χ0v) is 9.71. The molecule has 0 spiro atoms. The monoisotopic (exact) mass is 229 g/mol. The van der Waals surface area contributed by atoms with Crippen LogP contribution in [0.4, 0.5) is 5.82 Å². The zero-order valence-electron chi connectivity index (χ0n) is 8.90. The maximum Gasteiger partial charge on any atom is 0.161 e. The standard InChI is InChI=1S/C9H15N3O2S/c1-9(4-3-5-15(9,13)14)7-6-8(10)12(2)11-7/h6H,3-5,10H2,1-2H3. The molecule has 1 aliphatic rings. The van der Waals surface area contributed by atoms with Gasteiger partial charge in [-0.15, -0.1) is 0 Å². The van der Waals surface area contributed by atoms with Crippen LogP contribution in [-0.4, -0.2) is 24.0 Å². The number of nitrogens with two attached hydrogens (primary N) is 1. The first-order valence-corrected chi connectivity index (χ1v) is 6.54. The summed E-state index contributed by atoms with van der Waals surface area (Å²) < 4.78 is 24.5. The van der Waals surface area contributed by atoms with Gasteiger partial charge in [0, 0.05) is 13.1 Å². The maximum atomic E-state index is 11.9. The fourth-order valence-corrected chi connectivity index (χ4v) is 3.86. The molecule has 6 heteroatoms. The Labute approximate surface area is 89.2 Å². The summed E-state index contributed by atoms with van der Waals surface area (Å²) in [5.74, 6) is 0.744. The number of aromatic nitrogens is 2. The summed E-state index contributed by atoms with van der Waals surface area (Å²) in [7, 11) is -1.36. The topological polar surface area (TPSA) is 78.0 Å². The fourth-order valence-electron chi connectivity index (χ4n) is 2.01. The van der Waals surface area contributed by atoms with Gasteiger partial charge in [-0.25, -0.2) is 8.42 Å². The lowest BCUT2D eigenvalue weighted by Gasteiger charge is -2.19. The molecule has 84 valence electrons. The Balaban J connectivity index is 2.55. The molecule has 1 atom stereocenters. The van der Waals surface area contributed by atoms with E-state index in [1.54, 1.807) is 20.0 Å². The van der Waals surface area contributed by atoms with Crippen LogP contribution < -0.4 is 5.73 Å². The Kier molecular flexibility index (Phi) is 2.08. The third kappa shape index (κ3) is 1.35. The molecule has 15 heavy (non-hydrogen) atoms. The summed E-state index contributed by atoms with van der Waals surface area (Å²) in [6.07, 6.45) is 1.33. The van der Waals surface area contributed by atoms with Crippen molar-refractivity contribution in [3.05, 3.63) is 11.8 Å². The van der Waals surface area contributed by atoms with Crippen molar-refractivity contribution in [2.75, 3.05) is 11.5 Å². The first-order chi connectivity index (χ1) is 6.87. The Morgan fingerprint density at radius 3 is 2.67 bits per heavy atom. The molecule has 1 aromatic rings. The molecule has 1 aliphatic heterocycles. The number of nitrogens with zero attached hydrogens (tertiary/aromatic N) is 2. The highest BCUT2D eigenvalue weighted by molar-refractivity contribution is 7.92. The Morgan fingerprint density at radius 2 is 2.27 bits per heavy atom. The van der Waals surface area contributed by atoms with E-state index in [-0.39, 0.29) is 5.75 Å². The van der Waals surface area contributed by atoms with E-state index in [1.165, 1.54) is 4.68 Å². The molecule has 1 aromatic heterocycles. The third-order valence-electron chi connectivity index (χ3n) is 3.21. The quantitative estimate of drug-likeness (QED) is 0.757. The molecule has 2 rings (SSSR count). The molecule has 0 aromatic carbocycles. The second-order valence-corrected chi connectivity index (χ2v) is 6.77. The Bertz CT molecular complexity index is 472. The van der Waals surface area contributed by atoms with Crippen molar-refractivity contribution in [2.24, 2.45) is 7.05 Å². The zero-order chi connectivity index (χ0) is 11.3. The van der Waals surface area contributed by atoms with Crippen LogP contribution in [0.15, 0.2) is 6.07 Å². The molecule has 0 amide bonds. The first kappa shape index (κ1) is 10.5. The average Bonchev–Trinajstić information content (AvgIpc) is 2.58. The average molecular weight is 229 g/mol. The predicted molar refractivity (Wildman–Crippen MR) is 58.0 cm³/mol. The van der Waals surface area contributed by atoms with Crippen LogP contribution in [0, 0.1) is 0 Å². The molecule has 2 N–H and O–H groups in total. The lowest BCUT2D eigenvalue weighted by atomic mass is 10.0. The molecule has 0 radical (unpaired) electrons. The van der Waals surface area contributed by atoms with E-state index in [9.17, 15) is 8.42 Å². The minimum Gasteiger partial charge on any atom is -0.384 e. The van der Waals surface area contributed by atoms with Crippen molar-refractivity contribution < 1.29 is 8.42 Å². The van der Waals surface area contributed by atoms with Crippen LogP contribution in [0.5, 0.6) is 0 Å². The van der Waals surface area contributed by atoms with Crippen LogP contribution in [0.2, 0.25) is 0 Å². The van der Waals surface area contributed by atoms with Crippen molar-refractivity contribution in [1.82, 2.24) is 9.78 Å². The summed E-state index contributed by atoms with van der Waals surface area (Å²) in [5, 5.41) is 4.17. The van der Waals surface area contributed by atoms with Gasteiger partial charge in [-0.2, -0.15) is 5.10 Å². The molecular formula is C9H15N3O2S. The van der Waals surface area contributed by atoms with Gasteiger partial charge in [0.1, 0.15) is 10.6 Å². The van der Waals surface area contributed by atoms with Gasteiger partial charge >= 0.3 is 0 Å². The molecular weight excluding hydrogens is 214 g/mol. The van der Waals surface area contributed by atoms with Crippen LogP contribution in [0.25, 0.3) is 0 Å². The van der Waals surface area contributed by atoms with Crippen molar-refractivity contribution in [1.29, 1.82) is 0 Å². The third-order valence-corrected chi connectivity index (χ3v) is 5.82. The lowest BCUT2D eigenvalue weighted by molar-refractivity contribution is 0.536. The molecule has 0 bridgehead atoms. The van der Waals surface area contributed by atoms with Crippen LogP contribution >= 0.6 is 0 Å². The van der Waals surface area contributed by atoms with E-state index in [1.807, 2.05) is 0 Å². The second-order valence-electron chi connectivity index (χ2n) is 4.23. The minimum absolute atomic E-state index is 0.250. The van der Waals surface area contributed by atoms with Gasteiger partial charge in [-0.3, -0.25) is 4.68 Å². The van der Waals surface area contributed by atoms with E-state index in [4.69, 9.17) is 5.73 Å². The highest BCUT2D eigenvalue weighted by atomic mass is 32.2. The predicted octanol–water partition coefficient (Wildman–Crippen LogP) is 0.426. The van der Waals surface area contributed by atoms with Gasteiger partial charge in [-0.05, 0) is 19.8 Å². The number of hydrogen-bond donors (Lipinski definition) is 1. The van der Waals surface area contributed by atoms with E-state index >= 15 is 0 Å². The SMILES string of the molecule is Cn1nc(C2(C)CCCS2(=O)=O)cc1N. The Hall–Kier alpha value is -1.04. The number of rotatable bonds is 1.